The number of carbonyl (C=O) groups is 3. The molecule has 2 fully saturated rings. The zero-order valence-corrected chi connectivity index (χ0v) is 25.1. The van der Waals surface area contributed by atoms with E-state index in [1.165, 1.54) is 36.6 Å². The van der Waals surface area contributed by atoms with Gasteiger partial charge in [0.2, 0.25) is 5.78 Å². The maximum absolute atomic E-state index is 14.1. The van der Waals surface area contributed by atoms with Gasteiger partial charge in [-0.1, -0.05) is 37.8 Å². The molecular weight excluding hydrogens is 564 g/mol. The molecule has 6 rings (SSSR count). The Morgan fingerprint density at radius 1 is 1.07 bits per heavy atom. The van der Waals surface area contributed by atoms with Crippen molar-refractivity contribution < 1.29 is 39.5 Å². The van der Waals surface area contributed by atoms with Crippen LogP contribution in [0.2, 0.25) is 0 Å². The largest absolute Gasteiger partial charge is 0.508 e. The van der Waals surface area contributed by atoms with Gasteiger partial charge in [-0.2, -0.15) is 0 Å². The molecular formula is C34H38N2O8. The number of methoxy groups -OCH3 is 1. The number of primary amides is 1. The van der Waals surface area contributed by atoms with E-state index in [1.54, 1.807) is 27.3 Å². The molecule has 0 aliphatic heterocycles. The highest BCUT2D eigenvalue weighted by Crippen LogP contribution is 2.54. The molecule has 2 aromatic carbocycles. The van der Waals surface area contributed by atoms with Crippen LogP contribution in [0.1, 0.15) is 48.8 Å². The number of phenolic OH excluding ortho intramolecular Hbond substituents is 1. The number of aromatic hydroxyl groups is 1. The summed E-state index contributed by atoms with van der Waals surface area (Å²) in [6, 6.07) is 8.15. The van der Waals surface area contributed by atoms with Crippen molar-refractivity contribution in [1.29, 1.82) is 0 Å². The lowest BCUT2D eigenvalue weighted by molar-refractivity contribution is -0.153. The van der Waals surface area contributed by atoms with Crippen molar-refractivity contribution in [3.63, 3.8) is 0 Å². The normalized spacial score (nSPS) is 27.0. The fourth-order valence-corrected chi connectivity index (χ4v) is 8.14. The fraction of sp³-hybridized carbons (Fsp3) is 0.441. The lowest BCUT2D eigenvalue weighted by atomic mass is 9.57. The number of likely N-dealkylation sites (N-methyl/N-ethyl adjacent to an activating group) is 1. The first kappa shape index (κ1) is 29.9. The van der Waals surface area contributed by atoms with Gasteiger partial charge in [-0.05, 0) is 80.1 Å². The summed E-state index contributed by atoms with van der Waals surface area (Å²) in [5, 5.41) is 45.5. The van der Waals surface area contributed by atoms with Gasteiger partial charge in [-0.15, -0.1) is 0 Å². The van der Waals surface area contributed by atoms with E-state index in [1.807, 2.05) is 6.07 Å². The Morgan fingerprint density at radius 3 is 2.41 bits per heavy atom. The van der Waals surface area contributed by atoms with E-state index in [4.69, 9.17) is 10.5 Å². The molecule has 4 aliphatic carbocycles. The Morgan fingerprint density at radius 2 is 1.77 bits per heavy atom. The van der Waals surface area contributed by atoms with Crippen molar-refractivity contribution in [1.82, 2.24) is 4.90 Å². The van der Waals surface area contributed by atoms with E-state index in [0.717, 1.165) is 23.1 Å². The molecule has 0 saturated heterocycles. The SMILES string of the molecule is COc1ccc(CC2CCCC2)cc1-c1ccc(O)c2c1C[C@H]1C[C@H]3[C@H](N(C)C)C(=O)C(C(N)=O)=C(O)[C@@]3(O)C(=O)C1=C2O. The van der Waals surface area contributed by atoms with Gasteiger partial charge in [0.05, 0.1) is 18.7 Å². The lowest BCUT2D eigenvalue weighted by Gasteiger charge is -2.50. The summed E-state index contributed by atoms with van der Waals surface area (Å²) in [6.07, 6.45) is 6.04. The maximum atomic E-state index is 14.1. The Balaban J connectivity index is 1.51. The molecule has 0 aromatic heterocycles. The molecule has 2 aromatic rings. The number of hydrogen-bond donors (Lipinski definition) is 5. The minimum Gasteiger partial charge on any atom is -0.508 e. The van der Waals surface area contributed by atoms with Crippen LogP contribution in [0, 0.1) is 17.8 Å². The minimum atomic E-state index is -2.67. The number of phenols is 1. The topological polar surface area (TPSA) is 171 Å². The van der Waals surface area contributed by atoms with Crippen LogP contribution in [0.25, 0.3) is 16.9 Å². The van der Waals surface area contributed by atoms with Crippen LogP contribution >= 0.6 is 0 Å². The number of fused-ring (bicyclic) bond motifs is 3. The number of nitrogens with zero attached hydrogens (tertiary/aromatic N) is 1. The standard InChI is InChI=1S/C34H38N2O8/c1-36(2)28-22-15-18-14-21-19(20-13-17(8-11-24(20)44-3)12-16-6-4-5-7-16)9-10-23(37)26(21)29(38)25(18)31(40)34(22,43)32(41)27(30(28)39)33(35)42/h8-11,13,16,18,22,28,37-38,41,43H,4-7,12,14-15H2,1-3H3,(H2,35,42)/t18-,22-,28-,34-/m0/s1. The summed E-state index contributed by atoms with van der Waals surface area (Å²) in [4.78, 5) is 41.2. The van der Waals surface area contributed by atoms with Crippen LogP contribution in [0.15, 0.2) is 47.2 Å². The Labute approximate surface area is 255 Å². The average molecular weight is 603 g/mol. The van der Waals surface area contributed by atoms with Gasteiger partial charge < -0.3 is 30.9 Å². The third-order valence-electron chi connectivity index (χ3n) is 10.2. The number of benzene rings is 2. The summed E-state index contributed by atoms with van der Waals surface area (Å²) in [5.74, 6) is -5.49. The summed E-state index contributed by atoms with van der Waals surface area (Å²) >= 11 is 0. The first-order valence-electron chi connectivity index (χ1n) is 15.1. The van der Waals surface area contributed by atoms with Crippen LogP contribution in [-0.4, -0.2) is 75.6 Å². The third kappa shape index (κ3) is 4.34. The summed E-state index contributed by atoms with van der Waals surface area (Å²) in [7, 11) is 4.74. The number of amides is 1. The Kier molecular flexibility index (Phi) is 7.33. The molecule has 0 heterocycles. The van der Waals surface area contributed by atoms with Crippen LogP contribution in [0.4, 0.5) is 0 Å². The highest BCUT2D eigenvalue weighted by Gasteiger charge is 2.64. The first-order chi connectivity index (χ1) is 20.9. The smallest absolute Gasteiger partial charge is 0.255 e. The summed E-state index contributed by atoms with van der Waals surface area (Å²) in [6.45, 7) is 0. The highest BCUT2D eigenvalue weighted by atomic mass is 16.5. The van der Waals surface area contributed by atoms with E-state index in [2.05, 4.69) is 12.1 Å². The zero-order chi connectivity index (χ0) is 31.7. The van der Waals surface area contributed by atoms with Crippen LogP contribution < -0.4 is 10.5 Å². The lowest BCUT2D eigenvalue weighted by Crippen LogP contribution is -2.65. The Hall–Kier alpha value is -4.15. The van der Waals surface area contributed by atoms with Crippen molar-refractivity contribution in [3.8, 4) is 22.6 Å². The van der Waals surface area contributed by atoms with Crippen molar-refractivity contribution in [3.05, 3.63) is 63.9 Å². The molecule has 6 N–H and O–H groups in total. The van der Waals surface area contributed by atoms with Gasteiger partial charge in [0.25, 0.3) is 5.91 Å². The molecule has 2 saturated carbocycles. The van der Waals surface area contributed by atoms with E-state index < -0.39 is 58.0 Å². The first-order valence-corrected chi connectivity index (χ1v) is 15.1. The van der Waals surface area contributed by atoms with Crippen LogP contribution in [0.3, 0.4) is 0 Å². The quantitative estimate of drug-likeness (QED) is 0.311. The van der Waals surface area contributed by atoms with Gasteiger partial charge in [-0.25, -0.2) is 0 Å². The summed E-state index contributed by atoms with van der Waals surface area (Å²) in [5.41, 5.74) is 5.07. The number of ether oxygens (including phenoxy) is 1. The van der Waals surface area contributed by atoms with Crippen LogP contribution in [0.5, 0.6) is 11.5 Å². The molecule has 0 spiro atoms. The average Bonchev–Trinajstić information content (AvgIpc) is 3.48. The molecule has 232 valence electrons. The van der Waals surface area contributed by atoms with E-state index in [-0.39, 0.29) is 29.7 Å². The van der Waals surface area contributed by atoms with Crippen LogP contribution in [-0.2, 0) is 27.2 Å². The zero-order valence-electron chi connectivity index (χ0n) is 25.1. The molecule has 1 amide bonds. The van der Waals surface area contributed by atoms with Crippen molar-refractivity contribution in [2.24, 2.45) is 23.5 Å². The number of carbonyl (C=O) groups excluding carboxylic acids is 3. The van der Waals surface area contributed by atoms with E-state index in [0.29, 0.717) is 17.2 Å². The van der Waals surface area contributed by atoms with Crippen molar-refractivity contribution in [2.45, 2.75) is 56.6 Å². The van der Waals surface area contributed by atoms with Crippen molar-refractivity contribution >= 4 is 23.2 Å². The molecule has 4 atom stereocenters. The molecule has 0 radical (unpaired) electrons. The molecule has 4 aliphatic rings. The number of rotatable bonds is 6. The van der Waals surface area contributed by atoms with Crippen molar-refractivity contribution in [2.75, 3.05) is 21.2 Å². The number of nitrogens with two attached hydrogens (primary N) is 1. The number of hydrogen-bond acceptors (Lipinski definition) is 9. The fourth-order valence-electron chi connectivity index (χ4n) is 8.14. The third-order valence-corrected chi connectivity index (χ3v) is 10.2. The maximum Gasteiger partial charge on any atom is 0.255 e. The number of aliphatic hydroxyl groups is 3. The molecule has 10 nitrogen and oxygen atoms in total. The second kappa shape index (κ2) is 10.8. The van der Waals surface area contributed by atoms with Gasteiger partial charge in [-0.3, -0.25) is 19.3 Å². The predicted octanol–water partition coefficient (Wildman–Crippen LogP) is 3.37. The molecule has 0 bridgehead atoms. The number of Topliss-reactive ketones (excluding diaryl/α,β-unsaturated/α-hetero) is 2. The molecule has 0 unspecified atom stereocenters. The molecule has 10 heteroatoms. The van der Waals surface area contributed by atoms with E-state index >= 15 is 0 Å². The highest BCUT2D eigenvalue weighted by molar-refractivity contribution is 6.24. The van der Waals surface area contributed by atoms with Gasteiger partial charge in [0, 0.05) is 17.1 Å². The number of aliphatic hydroxyl groups excluding tert-OH is 2. The monoisotopic (exact) mass is 602 g/mol. The summed E-state index contributed by atoms with van der Waals surface area (Å²) < 4.78 is 5.74. The second-order valence-electron chi connectivity index (χ2n) is 12.8. The molecule has 44 heavy (non-hydrogen) atoms. The van der Waals surface area contributed by atoms with Gasteiger partial charge >= 0.3 is 0 Å². The van der Waals surface area contributed by atoms with Gasteiger partial charge in [0.15, 0.2) is 11.4 Å². The Bertz CT molecular complexity index is 1650. The predicted molar refractivity (Wildman–Crippen MR) is 162 cm³/mol. The minimum absolute atomic E-state index is 0.0275. The van der Waals surface area contributed by atoms with E-state index in [9.17, 15) is 34.8 Å². The van der Waals surface area contributed by atoms with Gasteiger partial charge in [0.1, 0.15) is 28.6 Å². The number of ketones is 2. The second-order valence-corrected chi connectivity index (χ2v) is 12.8.